The molecule has 0 radical (unpaired) electrons. The van der Waals surface area contributed by atoms with Crippen LogP contribution in [0.1, 0.15) is 12.5 Å². The van der Waals surface area contributed by atoms with Gasteiger partial charge < -0.3 is 19.9 Å². The maximum Gasteiger partial charge on any atom is 0.290 e. The average molecular weight is 292 g/mol. The van der Waals surface area contributed by atoms with Gasteiger partial charge in [-0.2, -0.15) is 0 Å². The predicted molar refractivity (Wildman–Crippen MR) is 82.6 cm³/mol. The van der Waals surface area contributed by atoms with E-state index in [4.69, 9.17) is 9.68 Å². The first-order valence-corrected chi connectivity index (χ1v) is 6.30. The number of hydrogen-bond donors (Lipinski definition) is 1. The number of rotatable bonds is 4. The Morgan fingerprint density at radius 2 is 1.90 bits per heavy atom. The van der Waals surface area contributed by atoms with E-state index in [-0.39, 0.29) is 11.7 Å². The second-order valence-corrected chi connectivity index (χ2v) is 4.15. The third-order valence-corrected chi connectivity index (χ3v) is 2.81. The van der Waals surface area contributed by atoms with Gasteiger partial charge in [-0.1, -0.05) is 22.4 Å². The highest BCUT2D eigenvalue weighted by molar-refractivity contribution is 6.42. The summed E-state index contributed by atoms with van der Waals surface area (Å²) in [7, 11) is 6.15. The molecule has 0 aliphatic carbocycles. The molecule has 0 aliphatic rings. The van der Waals surface area contributed by atoms with Crippen molar-refractivity contribution in [3.05, 3.63) is 29.8 Å². The van der Waals surface area contributed by atoms with Gasteiger partial charge in [-0.25, -0.2) is 0 Å². The Balaban J connectivity index is 3.14. The molecule has 0 aliphatic heterocycles. The van der Waals surface area contributed by atoms with Gasteiger partial charge in [0.2, 0.25) is 5.84 Å². The lowest BCUT2D eigenvalue weighted by Crippen LogP contribution is -2.40. The van der Waals surface area contributed by atoms with Crippen LogP contribution in [0.5, 0.6) is 0 Å². The third-order valence-electron chi connectivity index (χ3n) is 2.81. The van der Waals surface area contributed by atoms with E-state index in [1.54, 1.807) is 11.9 Å². The zero-order chi connectivity index (χ0) is 15.8. The maximum absolute atomic E-state index is 11.8. The summed E-state index contributed by atoms with van der Waals surface area (Å²) >= 11 is 0. The molecule has 21 heavy (non-hydrogen) atoms. The number of carbonyl (C=O) groups is 1. The summed E-state index contributed by atoms with van der Waals surface area (Å²) < 4.78 is 0. The first-order chi connectivity index (χ1) is 10.0. The Morgan fingerprint density at radius 1 is 1.24 bits per heavy atom. The number of nitrogens with zero attached hydrogens (tertiary/aromatic N) is 3. The van der Waals surface area contributed by atoms with Crippen LogP contribution in [0.25, 0.3) is 0 Å². The van der Waals surface area contributed by atoms with Crippen LogP contribution >= 0.6 is 0 Å². The topological polar surface area (TPSA) is 75.5 Å². The van der Waals surface area contributed by atoms with Crippen LogP contribution in [-0.4, -0.2) is 45.8 Å². The SMILES string of the molecule is CNC(=O)C(=NOC)N(C)c1cccc(C(C)=NOC)c1. The van der Waals surface area contributed by atoms with Crippen LogP contribution in [-0.2, 0) is 14.5 Å². The molecule has 0 saturated heterocycles. The van der Waals surface area contributed by atoms with Gasteiger partial charge in [-0.05, 0) is 19.1 Å². The Bertz CT molecular complexity index is 555. The minimum Gasteiger partial charge on any atom is -0.399 e. The van der Waals surface area contributed by atoms with Gasteiger partial charge in [0.1, 0.15) is 14.2 Å². The molecule has 0 saturated carbocycles. The molecule has 1 rings (SSSR count). The second kappa shape index (κ2) is 7.88. The van der Waals surface area contributed by atoms with Gasteiger partial charge in [0.05, 0.1) is 5.71 Å². The number of likely N-dealkylation sites (N-methyl/N-ethyl adjacent to an activating group) is 2. The van der Waals surface area contributed by atoms with Gasteiger partial charge in [-0.3, -0.25) is 4.79 Å². The molecule has 0 heterocycles. The summed E-state index contributed by atoms with van der Waals surface area (Å²) in [5, 5.41) is 10.2. The quantitative estimate of drug-likeness (QED) is 0.514. The van der Waals surface area contributed by atoms with E-state index in [2.05, 4.69) is 15.6 Å². The fraction of sp³-hybridized carbons (Fsp3) is 0.357. The zero-order valence-corrected chi connectivity index (χ0v) is 12.9. The highest BCUT2D eigenvalue weighted by Gasteiger charge is 2.18. The largest absolute Gasteiger partial charge is 0.399 e. The molecule has 0 unspecified atom stereocenters. The van der Waals surface area contributed by atoms with Crippen LogP contribution in [0.15, 0.2) is 34.6 Å². The third kappa shape index (κ3) is 4.20. The van der Waals surface area contributed by atoms with E-state index in [0.29, 0.717) is 0 Å². The molecule has 0 spiro atoms. The Morgan fingerprint density at radius 3 is 2.48 bits per heavy atom. The lowest BCUT2D eigenvalue weighted by atomic mass is 10.1. The smallest absolute Gasteiger partial charge is 0.290 e. The van der Waals surface area contributed by atoms with Crippen LogP contribution in [0.2, 0.25) is 0 Å². The number of benzene rings is 1. The molecule has 0 bridgehead atoms. The molecule has 114 valence electrons. The van der Waals surface area contributed by atoms with Gasteiger partial charge in [0.15, 0.2) is 0 Å². The second-order valence-electron chi connectivity index (χ2n) is 4.15. The highest BCUT2D eigenvalue weighted by Crippen LogP contribution is 2.16. The van der Waals surface area contributed by atoms with E-state index in [1.165, 1.54) is 21.3 Å². The summed E-state index contributed by atoms with van der Waals surface area (Å²) in [6, 6.07) is 7.51. The molecule has 1 aromatic carbocycles. The van der Waals surface area contributed by atoms with Crippen LogP contribution < -0.4 is 10.2 Å². The fourth-order valence-electron chi connectivity index (χ4n) is 1.70. The zero-order valence-electron chi connectivity index (χ0n) is 12.9. The van der Waals surface area contributed by atoms with Gasteiger partial charge >= 0.3 is 0 Å². The number of hydrogen-bond acceptors (Lipinski definition) is 5. The van der Waals surface area contributed by atoms with Crippen molar-refractivity contribution < 1.29 is 14.5 Å². The Labute approximate surface area is 124 Å². The summed E-state index contributed by atoms with van der Waals surface area (Å²) in [5.41, 5.74) is 2.39. The van der Waals surface area contributed by atoms with Crippen molar-refractivity contribution >= 4 is 23.1 Å². The van der Waals surface area contributed by atoms with E-state index < -0.39 is 0 Å². The minimum absolute atomic E-state index is 0.151. The molecule has 0 atom stereocenters. The van der Waals surface area contributed by atoms with Crippen LogP contribution in [0.3, 0.4) is 0 Å². The summed E-state index contributed by atoms with van der Waals surface area (Å²) in [4.78, 5) is 23.0. The number of oxime groups is 2. The number of anilines is 1. The van der Waals surface area contributed by atoms with Crippen molar-refractivity contribution in [3.8, 4) is 0 Å². The van der Waals surface area contributed by atoms with E-state index in [0.717, 1.165) is 17.0 Å². The molecule has 0 fully saturated rings. The highest BCUT2D eigenvalue weighted by atomic mass is 16.6. The minimum atomic E-state index is -0.341. The molecule has 1 N–H and O–H groups in total. The first kappa shape index (κ1) is 16.5. The van der Waals surface area contributed by atoms with Gasteiger partial charge in [0.25, 0.3) is 5.91 Å². The number of amidine groups is 1. The summed E-state index contributed by atoms with van der Waals surface area (Å²) in [6.07, 6.45) is 0. The molecular weight excluding hydrogens is 272 g/mol. The molecule has 0 aromatic heterocycles. The van der Waals surface area contributed by atoms with E-state index >= 15 is 0 Å². The molecule has 7 heteroatoms. The number of carbonyl (C=O) groups excluding carboxylic acids is 1. The van der Waals surface area contributed by atoms with Crippen LogP contribution in [0.4, 0.5) is 5.69 Å². The summed E-state index contributed by atoms with van der Waals surface area (Å²) in [6.45, 7) is 1.84. The lowest BCUT2D eigenvalue weighted by molar-refractivity contribution is -0.114. The molecule has 1 aromatic rings. The monoisotopic (exact) mass is 292 g/mol. The van der Waals surface area contributed by atoms with Crippen molar-refractivity contribution in [3.63, 3.8) is 0 Å². The lowest BCUT2D eigenvalue weighted by Gasteiger charge is -2.20. The van der Waals surface area contributed by atoms with Crippen molar-refractivity contribution in [1.82, 2.24) is 5.32 Å². The Kier molecular flexibility index (Phi) is 6.19. The normalized spacial score (nSPS) is 11.9. The Hall–Kier alpha value is -2.57. The van der Waals surface area contributed by atoms with Gasteiger partial charge in [0, 0.05) is 25.3 Å². The standard InChI is InChI=1S/C14H20N4O3/c1-10(16-20-4)11-7-6-8-12(9-11)18(3)13(17-21-5)14(19)15-2/h6-9H,1-5H3,(H,15,19). The van der Waals surface area contributed by atoms with Crippen molar-refractivity contribution in [1.29, 1.82) is 0 Å². The number of amides is 1. The van der Waals surface area contributed by atoms with Gasteiger partial charge in [-0.15, -0.1) is 0 Å². The fourth-order valence-corrected chi connectivity index (χ4v) is 1.70. The van der Waals surface area contributed by atoms with Crippen molar-refractivity contribution in [2.24, 2.45) is 10.3 Å². The van der Waals surface area contributed by atoms with Crippen LogP contribution in [0, 0.1) is 0 Å². The van der Waals surface area contributed by atoms with E-state index in [9.17, 15) is 4.79 Å². The summed E-state index contributed by atoms with van der Waals surface area (Å²) in [5.74, 6) is -0.189. The molecule has 1 amide bonds. The van der Waals surface area contributed by atoms with Crippen molar-refractivity contribution in [2.45, 2.75) is 6.92 Å². The average Bonchev–Trinajstić information content (AvgIpc) is 2.51. The predicted octanol–water partition coefficient (Wildman–Crippen LogP) is 1.20. The molecular formula is C14H20N4O3. The number of nitrogens with one attached hydrogen (secondary N) is 1. The van der Waals surface area contributed by atoms with E-state index in [1.807, 2.05) is 31.2 Å². The molecule has 7 nitrogen and oxygen atoms in total. The maximum atomic E-state index is 11.8. The van der Waals surface area contributed by atoms with Crippen molar-refractivity contribution in [2.75, 3.05) is 33.2 Å². The first-order valence-electron chi connectivity index (χ1n) is 6.30.